The molecular formula is C23H22ClN3O4. The molecular weight excluding hydrogens is 418 g/mol. The van der Waals surface area contributed by atoms with Crippen LogP contribution in [0.3, 0.4) is 0 Å². The van der Waals surface area contributed by atoms with E-state index in [9.17, 15) is 14.4 Å². The number of hydrogen-bond acceptors (Lipinski definition) is 4. The summed E-state index contributed by atoms with van der Waals surface area (Å²) in [6.45, 7) is 1.54. The second-order valence-electron chi connectivity index (χ2n) is 7.56. The average molecular weight is 440 g/mol. The summed E-state index contributed by atoms with van der Waals surface area (Å²) in [5.74, 6) is -0.990. The molecule has 2 N–H and O–H groups in total. The van der Waals surface area contributed by atoms with Crippen LogP contribution in [0.2, 0.25) is 5.02 Å². The Hall–Kier alpha value is -3.32. The molecule has 1 aliphatic rings. The van der Waals surface area contributed by atoms with Crippen LogP contribution in [-0.2, 0) is 9.59 Å². The van der Waals surface area contributed by atoms with Crippen molar-refractivity contribution in [1.29, 1.82) is 0 Å². The number of fused-ring (bicyclic) bond motifs is 1. The van der Waals surface area contributed by atoms with Gasteiger partial charge in [0.1, 0.15) is 5.58 Å². The number of carbonyl (C=O) groups is 3. The molecule has 0 aliphatic carbocycles. The van der Waals surface area contributed by atoms with E-state index in [-0.39, 0.29) is 11.8 Å². The molecule has 31 heavy (non-hydrogen) atoms. The van der Waals surface area contributed by atoms with Gasteiger partial charge in [0.25, 0.3) is 5.91 Å². The number of likely N-dealkylation sites (tertiary alicyclic amines) is 1. The van der Waals surface area contributed by atoms with Crippen LogP contribution in [0.4, 0.5) is 5.69 Å². The topological polar surface area (TPSA) is 91.7 Å². The van der Waals surface area contributed by atoms with Crippen LogP contribution >= 0.6 is 11.6 Å². The predicted molar refractivity (Wildman–Crippen MR) is 118 cm³/mol. The van der Waals surface area contributed by atoms with E-state index in [1.54, 1.807) is 35.2 Å². The summed E-state index contributed by atoms with van der Waals surface area (Å²) < 4.78 is 5.67. The van der Waals surface area contributed by atoms with E-state index in [0.29, 0.717) is 41.7 Å². The van der Waals surface area contributed by atoms with Crippen molar-refractivity contribution in [3.05, 3.63) is 65.4 Å². The van der Waals surface area contributed by atoms with Gasteiger partial charge in [-0.05, 0) is 55.2 Å². The summed E-state index contributed by atoms with van der Waals surface area (Å²) in [7, 11) is 0. The van der Waals surface area contributed by atoms with Gasteiger partial charge >= 0.3 is 11.8 Å². The summed E-state index contributed by atoms with van der Waals surface area (Å²) in [5.41, 5.74) is 1.20. The molecule has 1 fully saturated rings. The predicted octanol–water partition coefficient (Wildman–Crippen LogP) is 3.69. The van der Waals surface area contributed by atoms with Crippen molar-refractivity contribution in [3.8, 4) is 0 Å². The minimum absolute atomic E-state index is 0.124. The summed E-state index contributed by atoms with van der Waals surface area (Å²) in [6, 6.07) is 15.8. The highest BCUT2D eigenvalue weighted by Crippen LogP contribution is 2.23. The van der Waals surface area contributed by atoms with Crippen molar-refractivity contribution >= 4 is 46.0 Å². The molecule has 2 heterocycles. The van der Waals surface area contributed by atoms with Gasteiger partial charge in [-0.1, -0.05) is 29.8 Å². The lowest BCUT2D eigenvalue weighted by atomic mass is 9.96. The number of piperidine rings is 1. The molecule has 160 valence electrons. The van der Waals surface area contributed by atoms with E-state index in [1.165, 1.54) is 0 Å². The fraction of sp³-hybridized carbons (Fsp3) is 0.261. The van der Waals surface area contributed by atoms with Crippen LogP contribution in [-0.4, -0.2) is 42.3 Å². The molecule has 8 heteroatoms. The maximum Gasteiger partial charge on any atom is 0.313 e. The zero-order chi connectivity index (χ0) is 21.8. The van der Waals surface area contributed by atoms with Crippen LogP contribution in [0, 0.1) is 5.92 Å². The van der Waals surface area contributed by atoms with E-state index >= 15 is 0 Å². The number of anilines is 1. The number of rotatable bonds is 4. The number of amides is 3. The quantitative estimate of drug-likeness (QED) is 0.606. The van der Waals surface area contributed by atoms with Gasteiger partial charge in [0.2, 0.25) is 0 Å². The summed E-state index contributed by atoms with van der Waals surface area (Å²) in [6.07, 6.45) is 1.48. The fourth-order valence-electron chi connectivity index (χ4n) is 3.62. The SMILES string of the molecule is O=C(NCC1CCN(C(=O)c2cc3ccccc3o2)CC1)C(=O)Nc1ccc(Cl)cc1. The Bertz CT molecular complexity index is 1070. The first-order valence-electron chi connectivity index (χ1n) is 10.1. The first kappa shape index (κ1) is 20.9. The van der Waals surface area contributed by atoms with E-state index < -0.39 is 11.8 Å². The Balaban J connectivity index is 1.23. The molecule has 4 rings (SSSR count). The minimum Gasteiger partial charge on any atom is -0.451 e. The van der Waals surface area contributed by atoms with Crippen LogP contribution in [0.5, 0.6) is 0 Å². The molecule has 0 atom stereocenters. The van der Waals surface area contributed by atoms with Gasteiger partial charge in [-0.2, -0.15) is 0 Å². The first-order valence-corrected chi connectivity index (χ1v) is 10.5. The highest BCUT2D eigenvalue weighted by molar-refractivity contribution is 6.39. The Morgan fingerprint density at radius 1 is 1.00 bits per heavy atom. The number of furan rings is 1. The summed E-state index contributed by atoms with van der Waals surface area (Å²) >= 11 is 5.81. The second-order valence-corrected chi connectivity index (χ2v) is 7.99. The normalized spacial score (nSPS) is 14.4. The Labute approximate surface area is 184 Å². The summed E-state index contributed by atoms with van der Waals surface area (Å²) in [4.78, 5) is 38.6. The number of benzene rings is 2. The molecule has 0 spiro atoms. The van der Waals surface area contributed by atoms with E-state index in [4.69, 9.17) is 16.0 Å². The number of hydrogen-bond donors (Lipinski definition) is 2. The van der Waals surface area contributed by atoms with E-state index in [1.807, 2.05) is 24.3 Å². The number of halogens is 1. The van der Waals surface area contributed by atoms with E-state index in [2.05, 4.69) is 10.6 Å². The Morgan fingerprint density at radius 3 is 2.42 bits per heavy atom. The fourth-order valence-corrected chi connectivity index (χ4v) is 3.75. The van der Waals surface area contributed by atoms with Crippen molar-refractivity contribution in [3.63, 3.8) is 0 Å². The van der Waals surface area contributed by atoms with Gasteiger partial charge in [-0.25, -0.2) is 0 Å². The molecule has 0 radical (unpaired) electrons. The Morgan fingerprint density at radius 2 is 1.71 bits per heavy atom. The number of carbonyl (C=O) groups excluding carboxylic acids is 3. The van der Waals surface area contributed by atoms with Gasteiger partial charge < -0.3 is 20.0 Å². The molecule has 1 aromatic heterocycles. The van der Waals surface area contributed by atoms with Gasteiger partial charge in [-0.3, -0.25) is 14.4 Å². The van der Waals surface area contributed by atoms with Crippen molar-refractivity contribution in [2.75, 3.05) is 25.0 Å². The highest BCUT2D eigenvalue weighted by atomic mass is 35.5. The van der Waals surface area contributed by atoms with Gasteiger partial charge in [0.05, 0.1) is 0 Å². The lowest BCUT2D eigenvalue weighted by molar-refractivity contribution is -0.136. The lowest BCUT2D eigenvalue weighted by Crippen LogP contribution is -2.43. The maximum absolute atomic E-state index is 12.7. The molecule has 1 saturated heterocycles. The maximum atomic E-state index is 12.7. The number of para-hydroxylation sites is 1. The first-order chi connectivity index (χ1) is 15.0. The largest absolute Gasteiger partial charge is 0.451 e. The molecule has 3 amide bonds. The minimum atomic E-state index is -0.722. The third-order valence-electron chi connectivity index (χ3n) is 5.40. The lowest BCUT2D eigenvalue weighted by Gasteiger charge is -2.31. The second kappa shape index (κ2) is 9.22. The van der Waals surface area contributed by atoms with Crippen LogP contribution in [0.1, 0.15) is 23.4 Å². The van der Waals surface area contributed by atoms with E-state index in [0.717, 1.165) is 18.2 Å². The smallest absolute Gasteiger partial charge is 0.313 e. The van der Waals surface area contributed by atoms with Crippen molar-refractivity contribution < 1.29 is 18.8 Å². The van der Waals surface area contributed by atoms with Gasteiger partial charge in [0, 0.05) is 35.7 Å². The third kappa shape index (κ3) is 5.06. The highest BCUT2D eigenvalue weighted by Gasteiger charge is 2.26. The zero-order valence-electron chi connectivity index (χ0n) is 16.8. The van der Waals surface area contributed by atoms with Crippen LogP contribution in [0.15, 0.2) is 59.0 Å². The number of nitrogens with zero attached hydrogens (tertiary/aromatic N) is 1. The standard InChI is InChI=1S/C23H22ClN3O4/c24-17-5-7-18(8-6-17)26-22(29)21(28)25-14-15-9-11-27(12-10-15)23(30)20-13-16-3-1-2-4-19(16)31-20/h1-8,13,15H,9-12,14H2,(H,25,28)(H,26,29). The Kier molecular flexibility index (Phi) is 6.23. The van der Waals surface area contributed by atoms with Gasteiger partial charge in [0.15, 0.2) is 5.76 Å². The summed E-state index contributed by atoms with van der Waals surface area (Å²) in [5, 5.41) is 6.66. The monoisotopic (exact) mass is 439 g/mol. The van der Waals surface area contributed by atoms with Gasteiger partial charge in [-0.15, -0.1) is 0 Å². The molecule has 2 aromatic carbocycles. The average Bonchev–Trinajstić information content (AvgIpc) is 3.23. The van der Waals surface area contributed by atoms with Crippen molar-refractivity contribution in [1.82, 2.24) is 10.2 Å². The molecule has 7 nitrogen and oxygen atoms in total. The van der Waals surface area contributed by atoms with Crippen LogP contribution in [0.25, 0.3) is 11.0 Å². The molecule has 3 aromatic rings. The number of nitrogens with one attached hydrogen (secondary N) is 2. The molecule has 0 unspecified atom stereocenters. The molecule has 0 saturated carbocycles. The van der Waals surface area contributed by atoms with Crippen LogP contribution < -0.4 is 10.6 Å². The third-order valence-corrected chi connectivity index (χ3v) is 5.65. The zero-order valence-corrected chi connectivity index (χ0v) is 17.5. The van der Waals surface area contributed by atoms with Crippen molar-refractivity contribution in [2.24, 2.45) is 5.92 Å². The molecule has 1 aliphatic heterocycles. The molecule has 0 bridgehead atoms. The van der Waals surface area contributed by atoms with Crippen molar-refractivity contribution in [2.45, 2.75) is 12.8 Å².